The van der Waals surface area contributed by atoms with Gasteiger partial charge in [-0.2, -0.15) is 0 Å². The zero-order valence-corrected chi connectivity index (χ0v) is 10.2. The molecule has 4 nitrogen and oxygen atoms in total. The van der Waals surface area contributed by atoms with Crippen molar-refractivity contribution in [3.8, 4) is 12.3 Å². The fraction of sp³-hybridized carbons (Fsp3) is 0.214. The Morgan fingerprint density at radius 1 is 1.61 bits per heavy atom. The zero-order chi connectivity index (χ0) is 13.1. The van der Waals surface area contributed by atoms with Gasteiger partial charge in [0.05, 0.1) is 11.2 Å². The smallest absolute Gasteiger partial charge is 0.267 e. The van der Waals surface area contributed by atoms with Crippen molar-refractivity contribution < 1.29 is 4.79 Å². The molecule has 0 aliphatic heterocycles. The van der Waals surface area contributed by atoms with Crippen LogP contribution in [0.5, 0.6) is 0 Å². The molecule has 1 unspecified atom stereocenters. The molecule has 0 fully saturated rings. The Balaban J connectivity index is 2.24. The van der Waals surface area contributed by atoms with E-state index in [0.29, 0.717) is 17.8 Å². The summed E-state index contributed by atoms with van der Waals surface area (Å²) in [5, 5.41) is 3.75. The van der Waals surface area contributed by atoms with Crippen molar-refractivity contribution in [3.05, 3.63) is 30.0 Å². The third-order valence-corrected chi connectivity index (χ3v) is 2.73. The molecule has 1 atom stereocenters. The highest BCUT2D eigenvalue weighted by molar-refractivity contribution is 6.00. The molecular weight excluding hydrogens is 226 g/mol. The summed E-state index contributed by atoms with van der Waals surface area (Å²) in [6.45, 7) is 1.87. The lowest BCUT2D eigenvalue weighted by molar-refractivity contribution is 0.0936. The third-order valence-electron chi connectivity index (χ3n) is 2.73. The van der Waals surface area contributed by atoms with Crippen LogP contribution in [0.4, 0.5) is 5.69 Å². The number of hydrogen-bond acceptors (Lipinski definition) is 2. The molecule has 2 aromatic rings. The molecule has 1 amide bonds. The predicted octanol–water partition coefficient (Wildman–Crippen LogP) is 1.89. The molecule has 0 bridgehead atoms. The maximum atomic E-state index is 12.0. The number of hydrogen-bond donors (Lipinski definition) is 3. The predicted molar refractivity (Wildman–Crippen MR) is 73.1 cm³/mol. The summed E-state index contributed by atoms with van der Waals surface area (Å²) < 4.78 is 0. The molecule has 1 aromatic carbocycles. The first-order valence-corrected chi connectivity index (χ1v) is 5.73. The molecule has 0 saturated carbocycles. The lowest BCUT2D eigenvalue weighted by Crippen LogP contribution is -2.32. The molecule has 0 aliphatic rings. The summed E-state index contributed by atoms with van der Waals surface area (Å²) in [7, 11) is 0. The van der Waals surface area contributed by atoms with Gasteiger partial charge in [-0.1, -0.05) is 12.1 Å². The summed E-state index contributed by atoms with van der Waals surface area (Å²) in [6.07, 6.45) is 5.71. The molecule has 0 spiro atoms. The maximum Gasteiger partial charge on any atom is 0.267 e. The normalized spacial score (nSPS) is 12.0. The number of aromatic amines is 1. The Bertz CT molecular complexity index is 621. The molecule has 18 heavy (non-hydrogen) atoms. The molecule has 92 valence electrons. The minimum Gasteiger partial charge on any atom is -0.397 e. The monoisotopic (exact) mass is 241 g/mol. The number of terminal acetylenes is 1. The van der Waals surface area contributed by atoms with Gasteiger partial charge in [-0.15, -0.1) is 12.3 Å². The largest absolute Gasteiger partial charge is 0.397 e. The average molecular weight is 241 g/mol. The fourth-order valence-electron chi connectivity index (χ4n) is 1.83. The van der Waals surface area contributed by atoms with Gasteiger partial charge in [-0.3, -0.25) is 4.79 Å². The first-order valence-electron chi connectivity index (χ1n) is 5.73. The van der Waals surface area contributed by atoms with Crippen molar-refractivity contribution in [2.75, 3.05) is 5.73 Å². The van der Waals surface area contributed by atoms with Crippen LogP contribution in [0.15, 0.2) is 24.3 Å². The number of carbonyl (C=O) groups excluding carboxylic acids is 1. The van der Waals surface area contributed by atoms with Crippen LogP contribution in [0, 0.1) is 12.3 Å². The van der Waals surface area contributed by atoms with Crippen LogP contribution >= 0.6 is 0 Å². The van der Waals surface area contributed by atoms with E-state index >= 15 is 0 Å². The second kappa shape index (κ2) is 4.84. The summed E-state index contributed by atoms with van der Waals surface area (Å²) in [5.41, 5.74) is 7.73. The molecule has 0 aliphatic carbocycles. The summed E-state index contributed by atoms with van der Waals surface area (Å²) in [5.74, 6) is 2.34. The van der Waals surface area contributed by atoms with Gasteiger partial charge >= 0.3 is 0 Å². The molecule has 1 heterocycles. The van der Waals surface area contributed by atoms with E-state index in [9.17, 15) is 4.79 Å². The maximum absolute atomic E-state index is 12.0. The van der Waals surface area contributed by atoms with Gasteiger partial charge in [0.15, 0.2) is 0 Å². The first kappa shape index (κ1) is 12.1. The van der Waals surface area contributed by atoms with Gasteiger partial charge < -0.3 is 16.0 Å². The van der Waals surface area contributed by atoms with E-state index in [1.54, 1.807) is 12.1 Å². The second-order valence-corrected chi connectivity index (χ2v) is 4.28. The van der Waals surface area contributed by atoms with Crippen LogP contribution < -0.4 is 11.1 Å². The zero-order valence-electron chi connectivity index (χ0n) is 10.2. The Morgan fingerprint density at radius 3 is 3.06 bits per heavy atom. The number of nitrogens with two attached hydrogens (primary N) is 1. The highest BCUT2D eigenvalue weighted by atomic mass is 16.1. The number of rotatable bonds is 3. The SMILES string of the molecule is C#CCC(C)NC(=O)c1cc2cccc(N)c2[nH]1. The van der Waals surface area contributed by atoms with Gasteiger partial charge in [-0.25, -0.2) is 0 Å². The minimum absolute atomic E-state index is 0.0498. The van der Waals surface area contributed by atoms with Crippen molar-refractivity contribution in [2.45, 2.75) is 19.4 Å². The van der Waals surface area contributed by atoms with Gasteiger partial charge in [0.1, 0.15) is 5.69 Å². The molecule has 0 radical (unpaired) electrons. The summed E-state index contributed by atoms with van der Waals surface area (Å²) in [4.78, 5) is 15.0. The number of aromatic nitrogens is 1. The van der Waals surface area contributed by atoms with E-state index in [1.807, 2.05) is 19.1 Å². The van der Waals surface area contributed by atoms with Crippen LogP contribution in [0.3, 0.4) is 0 Å². The van der Waals surface area contributed by atoms with E-state index < -0.39 is 0 Å². The number of carbonyl (C=O) groups is 1. The third kappa shape index (κ3) is 2.30. The number of H-pyrrole nitrogens is 1. The van der Waals surface area contributed by atoms with Crippen LogP contribution in [-0.2, 0) is 0 Å². The van der Waals surface area contributed by atoms with E-state index in [2.05, 4.69) is 16.2 Å². The Hall–Kier alpha value is -2.41. The standard InChI is InChI=1S/C14H15N3O/c1-3-5-9(2)16-14(18)12-8-10-6-4-7-11(15)13(10)17-12/h1,4,6-9,17H,5,15H2,2H3,(H,16,18). The van der Waals surface area contributed by atoms with Crippen LogP contribution in [0.25, 0.3) is 10.9 Å². The number of para-hydroxylation sites is 1. The fourth-order valence-corrected chi connectivity index (χ4v) is 1.83. The highest BCUT2D eigenvalue weighted by Gasteiger charge is 2.12. The number of nitrogens with one attached hydrogen (secondary N) is 2. The minimum atomic E-state index is -0.173. The van der Waals surface area contributed by atoms with Crippen LogP contribution in [-0.4, -0.2) is 16.9 Å². The first-order chi connectivity index (χ1) is 8.61. The van der Waals surface area contributed by atoms with Crippen molar-refractivity contribution in [3.63, 3.8) is 0 Å². The van der Waals surface area contributed by atoms with Gasteiger partial charge in [0.25, 0.3) is 5.91 Å². The van der Waals surface area contributed by atoms with Gasteiger partial charge in [0, 0.05) is 17.8 Å². The number of anilines is 1. The van der Waals surface area contributed by atoms with Crippen molar-refractivity contribution in [1.82, 2.24) is 10.3 Å². The molecule has 4 N–H and O–H groups in total. The molecule has 2 rings (SSSR count). The number of fused-ring (bicyclic) bond motifs is 1. The molecule has 1 aromatic heterocycles. The number of amides is 1. The topological polar surface area (TPSA) is 70.9 Å². The van der Waals surface area contributed by atoms with E-state index in [-0.39, 0.29) is 11.9 Å². The van der Waals surface area contributed by atoms with E-state index in [4.69, 9.17) is 12.2 Å². The van der Waals surface area contributed by atoms with Gasteiger partial charge in [-0.05, 0) is 19.1 Å². The number of nitrogen functional groups attached to an aromatic ring is 1. The van der Waals surface area contributed by atoms with Crippen molar-refractivity contribution in [1.29, 1.82) is 0 Å². The van der Waals surface area contributed by atoms with E-state index in [1.165, 1.54) is 0 Å². The van der Waals surface area contributed by atoms with Crippen molar-refractivity contribution in [2.24, 2.45) is 0 Å². The lowest BCUT2D eigenvalue weighted by Gasteiger charge is -2.09. The average Bonchev–Trinajstić information content (AvgIpc) is 2.74. The highest BCUT2D eigenvalue weighted by Crippen LogP contribution is 2.21. The van der Waals surface area contributed by atoms with E-state index in [0.717, 1.165) is 10.9 Å². The van der Waals surface area contributed by atoms with Gasteiger partial charge in [0.2, 0.25) is 0 Å². The summed E-state index contributed by atoms with van der Waals surface area (Å²) >= 11 is 0. The van der Waals surface area contributed by atoms with Crippen LogP contribution in [0.2, 0.25) is 0 Å². The van der Waals surface area contributed by atoms with Crippen molar-refractivity contribution >= 4 is 22.5 Å². The van der Waals surface area contributed by atoms with Crippen LogP contribution in [0.1, 0.15) is 23.8 Å². The molecular formula is C14H15N3O. The lowest BCUT2D eigenvalue weighted by atomic mass is 10.2. The Morgan fingerprint density at radius 2 is 2.39 bits per heavy atom. The quantitative estimate of drug-likeness (QED) is 0.567. The second-order valence-electron chi connectivity index (χ2n) is 4.28. The molecule has 4 heteroatoms. The Labute approximate surface area is 106 Å². The Kier molecular flexibility index (Phi) is 3.24. The molecule has 0 saturated heterocycles. The summed E-state index contributed by atoms with van der Waals surface area (Å²) in [6, 6.07) is 7.29. The number of benzene rings is 1.